The van der Waals surface area contributed by atoms with Crippen LogP contribution in [0.5, 0.6) is 0 Å². The molecule has 0 unspecified atom stereocenters. The molecule has 1 aromatic heterocycles. The van der Waals surface area contributed by atoms with E-state index in [1.165, 1.54) is 25.7 Å². The number of aryl methyl sites for hydroxylation is 1. The topological polar surface area (TPSA) is 28.7 Å². The van der Waals surface area contributed by atoms with Crippen LogP contribution in [0, 0.1) is 0 Å². The zero-order valence-corrected chi connectivity index (χ0v) is 11.2. The Morgan fingerprint density at radius 2 is 2.12 bits per heavy atom. The summed E-state index contributed by atoms with van der Waals surface area (Å²) in [4.78, 5) is 7.95. The van der Waals surface area contributed by atoms with Gasteiger partial charge in [-0.3, -0.25) is 0 Å². The lowest BCUT2D eigenvalue weighted by molar-refractivity contribution is 0.656. The number of aromatic amines is 1. The third-order valence-electron chi connectivity index (χ3n) is 2.76. The van der Waals surface area contributed by atoms with E-state index in [1.807, 2.05) is 12.1 Å². The highest BCUT2D eigenvalue weighted by atomic mass is 79.9. The van der Waals surface area contributed by atoms with E-state index in [9.17, 15) is 0 Å². The fourth-order valence-corrected chi connectivity index (χ4v) is 2.23. The van der Waals surface area contributed by atoms with E-state index in [2.05, 4.69) is 38.9 Å². The predicted molar refractivity (Wildman–Crippen MR) is 71.6 cm³/mol. The first-order valence-corrected chi connectivity index (χ1v) is 6.73. The largest absolute Gasteiger partial charge is 0.342 e. The number of nitrogens with one attached hydrogen (secondary N) is 1. The number of hydrogen-bond acceptors (Lipinski definition) is 1. The highest BCUT2D eigenvalue weighted by Crippen LogP contribution is 2.18. The number of halogens is 1. The Bertz CT molecular complexity index is 462. The minimum absolute atomic E-state index is 1.06. The van der Waals surface area contributed by atoms with Crippen molar-refractivity contribution in [2.45, 2.75) is 39.0 Å². The lowest BCUT2D eigenvalue weighted by atomic mass is 10.1. The van der Waals surface area contributed by atoms with Crippen molar-refractivity contribution in [3.63, 3.8) is 0 Å². The average molecular weight is 281 g/mol. The highest BCUT2D eigenvalue weighted by Gasteiger charge is 2.02. The molecule has 0 bridgehead atoms. The summed E-state index contributed by atoms with van der Waals surface area (Å²) in [5.41, 5.74) is 2.19. The van der Waals surface area contributed by atoms with Gasteiger partial charge in [0.15, 0.2) is 0 Å². The number of H-pyrrole nitrogens is 1. The zero-order valence-electron chi connectivity index (χ0n) is 9.59. The van der Waals surface area contributed by atoms with Crippen LogP contribution in [0.3, 0.4) is 0 Å². The third kappa shape index (κ3) is 2.85. The summed E-state index contributed by atoms with van der Waals surface area (Å²) in [6.07, 6.45) is 6.21. The second-order valence-corrected chi connectivity index (χ2v) is 5.07. The predicted octanol–water partition coefficient (Wildman–Crippen LogP) is 4.45. The van der Waals surface area contributed by atoms with Crippen LogP contribution in [0.4, 0.5) is 0 Å². The van der Waals surface area contributed by atoms with Crippen LogP contribution in [0.15, 0.2) is 22.7 Å². The lowest BCUT2D eigenvalue weighted by Gasteiger charge is -1.95. The van der Waals surface area contributed by atoms with Crippen molar-refractivity contribution < 1.29 is 0 Å². The molecule has 2 rings (SSSR count). The minimum atomic E-state index is 1.06. The third-order valence-corrected chi connectivity index (χ3v) is 3.25. The first-order chi connectivity index (χ1) is 7.79. The van der Waals surface area contributed by atoms with Gasteiger partial charge in [0.05, 0.1) is 11.0 Å². The van der Waals surface area contributed by atoms with Gasteiger partial charge in [0.2, 0.25) is 0 Å². The molecule has 86 valence electrons. The Morgan fingerprint density at radius 3 is 2.94 bits per heavy atom. The van der Waals surface area contributed by atoms with Gasteiger partial charge in [0, 0.05) is 10.9 Å². The van der Waals surface area contributed by atoms with Crippen molar-refractivity contribution in [1.82, 2.24) is 9.97 Å². The van der Waals surface area contributed by atoms with E-state index in [-0.39, 0.29) is 0 Å². The first-order valence-electron chi connectivity index (χ1n) is 5.93. The van der Waals surface area contributed by atoms with Crippen LogP contribution < -0.4 is 0 Å². The number of unbranched alkanes of at least 4 members (excludes halogenated alkanes) is 3. The van der Waals surface area contributed by atoms with E-state index in [0.29, 0.717) is 0 Å². The van der Waals surface area contributed by atoms with Gasteiger partial charge >= 0.3 is 0 Å². The monoisotopic (exact) mass is 280 g/mol. The molecule has 2 nitrogen and oxygen atoms in total. The van der Waals surface area contributed by atoms with Crippen LogP contribution in [0.25, 0.3) is 11.0 Å². The second-order valence-electron chi connectivity index (χ2n) is 4.16. The minimum Gasteiger partial charge on any atom is -0.342 e. The van der Waals surface area contributed by atoms with E-state index in [0.717, 1.165) is 27.8 Å². The number of nitrogens with zero attached hydrogens (tertiary/aromatic N) is 1. The molecule has 0 aliphatic carbocycles. The van der Waals surface area contributed by atoms with Crippen molar-refractivity contribution in [2.24, 2.45) is 0 Å². The summed E-state index contributed by atoms with van der Waals surface area (Å²) in [5, 5.41) is 0. The van der Waals surface area contributed by atoms with Crippen LogP contribution in [0.2, 0.25) is 0 Å². The second kappa shape index (κ2) is 5.48. The molecule has 0 saturated carbocycles. The Morgan fingerprint density at radius 1 is 1.25 bits per heavy atom. The quantitative estimate of drug-likeness (QED) is 0.806. The van der Waals surface area contributed by atoms with Gasteiger partial charge in [-0.25, -0.2) is 4.98 Å². The smallest absolute Gasteiger partial charge is 0.107 e. The van der Waals surface area contributed by atoms with Crippen LogP contribution in [0.1, 0.15) is 38.4 Å². The maximum atomic E-state index is 4.58. The van der Waals surface area contributed by atoms with Crippen molar-refractivity contribution in [3.05, 3.63) is 28.5 Å². The van der Waals surface area contributed by atoms with Gasteiger partial charge in [-0.05, 0) is 24.6 Å². The van der Waals surface area contributed by atoms with E-state index in [4.69, 9.17) is 0 Å². The summed E-state index contributed by atoms with van der Waals surface area (Å²) < 4.78 is 1.10. The molecule has 0 spiro atoms. The van der Waals surface area contributed by atoms with Crippen LogP contribution >= 0.6 is 15.9 Å². The molecule has 1 aromatic carbocycles. The summed E-state index contributed by atoms with van der Waals surface area (Å²) in [6, 6.07) is 6.16. The van der Waals surface area contributed by atoms with Crippen molar-refractivity contribution >= 4 is 27.0 Å². The number of imidazole rings is 1. The van der Waals surface area contributed by atoms with Crippen molar-refractivity contribution in [3.8, 4) is 0 Å². The fraction of sp³-hybridized carbons (Fsp3) is 0.462. The van der Waals surface area contributed by atoms with Crippen LogP contribution in [-0.4, -0.2) is 9.97 Å². The number of aromatic nitrogens is 2. The summed E-state index contributed by atoms with van der Waals surface area (Å²) in [7, 11) is 0. The van der Waals surface area contributed by atoms with E-state index < -0.39 is 0 Å². The molecular weight excluding hydrogens is 264 g/mol. The summed E-state index contributed by atoms with van der Waals surface area (Å²) >= 11 is 3.47. The van der Waals surface area contributed by atoms with E-state index in [1.54, 1.807) is 0 Å². The molecule has 0 radical (unpaired) electrons. The average Bonchev–Trinajstić information content (AvgIpc) is 2.66. The maximum absolute atomic E-state index is 4.58. The van der Waals surface area contributed by atoms with Crippen LogP contribution in [-0.2, 0) is 6.42 Å². The lowest BCUT2D eigenvalue weighted by Crippen LogP contribution is -1.87. The standard InChI is InChI=1S/C13H17BrN2/c1-2-3-4-5-6-13-15-11-8-7-10(14)9-12(11)16-13/h7-9H,2-6H2,1H3,(H,15,16). The number of fused-ring (bicyclic) bond motifs is 1. The highest BCUT2D eigenvalue weighted by molar-refractivity contribution is 9.10. The number of hydrogen-bond donors (Lipinski definition) is 1. The Labute approximate surface area is 105 Å². The first kappa shape index (κ1) is 11.6. The molecule has 0 aliphatic rings. The molecule has 1 heterocycles. The SMILES string of the molecule is CCCCCCc1nc2ccc(Br)cc2[nH]1. The molecule has 3 heteroatoms. The van der Waals surface area contributed by atoms with Gasteiger partial charge in [0.1, 0.15) is 5.82 Å². The van der Waals surface area contributed by atoms with Gasteiger partial charge in [-0.1, -0.05) is 42.1 Å². The normalized spacial score (nSPS) is 11.1. The van der Waals surface area contributed by atoms with Gasteiger partial charge in [-0.15, -0.1) is 0 Å². The Hall–Kier alpha value is -0.830. The summed E-state index contributed by atoms with van der Waals surface area (Å²) in [5.74, 6) is 1.12. The maximum Gasteiger partial charge on any atom is 0.107 e. The number of rotatable bonds is 5. The summed E-state index contributed by atoms with van der Waals surface area (Å²) in [6.45, 7) is 2.23. The van der Waals surface area contributed by atoms with E-state index >= 15 is 0 Å². The molecule has 0 aliphatic heterocycles. The Balaban J connectivity index is 2.02. The van der Waals surface area contributed by atoms with Gasteiger partial charge in [0.25, 0.3) is 0 Å². The fourth-order valence-electron chi connectivity index (χ4n) is 1.87. The molecule has 2 aromatic rings. The molecule has 0 atom stereocenters. The van der Waals surface area contributed by atoms with Gasteiger partial charge in [-0.2, -0.15) is 0 Å². The molecule has 16 heavy (non-hydrogen) atoms. The number of benzene rings is 1. The molecule has 1 N–H and O–H groups in total. The molecule has 0 fully saturated rings. The molecule has 0 saturated heterocycles. The van der Waals surface area contributed by atoms with Crippen molar-refractivity contribution in [1.29, 1.82) is 0 Å². The zero-order chi connectivity index (χ0) is 11.4. The van der Waals surface area contributed by atoms with Crippen molar-refractivity contribution in [2.75, 3.05) is 0 Å². The molecular formula is C13H17BrN2. The molecule has 0 amide bonds. The Kier molecular flexibility index (Phi) is 3.99. The van der Waals surface area contributed by atoms with Gasteiger partial charge < -0.3 is 4.98 Å².